The zero-order valence-electron chi connectivity index (χ0n) is 10.7. The van der Waals surface area contributed by atoms with Crippen molar-refractivity contribution in [1.82, 2.24) is 5.32 Å². The van der Waals surface area contributed by atoms with Crippen molar-refractivity contribution < 1.29 is 4.79 Å². The summed E-state index contributed by atoms with van der Waals surface area (Å²) < 4.78 is 0. The van der Waals surface area contributed by atoms with E-state index >= 15 is 0 Å². The maximum absolute atomic E-state index is 12.2. The van der Waals surface area contributed by atoms with Gasteiger partial charge in [0.05, 0.1) is 0 Å². The highest BCUT2D eigenvalue weighted by molar-refractivity contribution is 7.99. The van der Waals surface area contributed by atoms with Crippen molar-refractivity contribution in [2.75, 3.05) is 6.26 Å². The molecule has 0 bridgehead atoms. The van der Waals surface area contributed by atoms with E-state index in [0.29, 0.717) is 23.1 Å². The second-order valence-electron chi connectivity index (χ2n) is 6.10. The van der Waals surface area contributed by atoms with Gasteiger partial charge in [0.2, 0.25) is 5.91 Å². The Morgan fingerprint density at radius 1 is 1.12 bits per heavy atom. The van der Waals surface area contributed by atoms with Gasteiger partial charge in [-0.2, -0.15) is 11.8 Å². The van der Waals surface area contributed by atoms with Crippen molar-refractivity contribution in [3.8, 4) is 0 Å². The molecule has 3 aliphatic rings. The highest BCUT2D eigenvalue weighted by Gasteiger charge is 2.48. The molecule has 0 spiro atoms. The molecule has 3 aliphatic carbocycles. The highest BCUT2D eigenvalue weighted by atomic mass is 32.2. The largest absolute Gasteiger partial charge is 0.352 e. The summed E-state index contributed by atoms with van der Waals surface area (Å²) in [7, 11) is 0. The number of carbonyl (C=O) groups is 1. The Bertz CT molecular complexity index is 297. The number of thioether (sulfide) groups is 1. The van der Waals surface area contributed by atoms with Crippen LogP contribution in [0.2, 0.25) is 0 Å². The molecule has 96 valence electrons. The lowest BCUT2D eigenvalue weighted by Crippen LogP contribution is -2.45. The molecular weight excluding hydrogens is 230 g/mol. The van der Waals surface area contributed by atoms with Crippen LogP contribution >= 0.6 is 11.8 Å². The number of nitrogens with one attached hydrogen (secondary N) is 1. The van der Waals surface area contributed by atoms with E-state index in [0.717, 1.165) is 11.8 Å². The molecule has 0 aromatic rings. The van der Waals surface area contributed by atoms with Crippen molar-refractivity contribution in [3.05, 3.63) is 0 Å². The third-order valence-electron chi connectivity index (χ3n) is 4.95. The van der Waals surface area contributed by atoms with Crippen LogP contribution < -0.4 is 5.32 Å². The summed E-state index contributed by atoms with van der Waals surface area (Å²) in [5, 5.41) is 4.00. The average Bonchev–Trinajstić information content (AvgIpc) is 2.96. The summed E-state index contributed by atoms with van der Waals surface area (Å²) in [4.78, 5) is 12.2. The summed E-state index contributed by atoms with van der Waals surface area (Å²) in [5.74, 6) is 2.54. The van der Waals surface area contributed by atoms with E-state index in [2.05, 4.69) is 11.6 Å². The van der Waals surface area contributed by atoms with Crippen LogP contribution in [0.5, 0.6) is 0 Å². The smallest absolute Gasteiger partial charge is 0.223 e. The number of hydrogen-bond donors (Lipinski definition) is 1. The van der Waals surface area contributed by atoms with Gasteiger partial charge in [-0.15, -0.1) is 0 Å². The minimum atomic E-state index is 0.350. The quantitative estimate of drug-likeness (QED) is 0.838. The highest BCUT2D eigenvalue weighted by Crippen LogP contribution is 2.54. The lowest BCUT2D eigenvalue weighted by molar-refractivity contribution is -0.126. The predicted octanol–water partition coefficient (Wildman–Crippen LogP) is 2.82. The van der Waals surface area contributed by atoms with Gasteiger partial charge in [-0.25, -0.2) is 0 Å². The first-order chi connectivity index (χ1) is 8.28. The Kier molecular flexibility index (Phi) is 3.38. The van der Waals surface area contributed by atoms with Crippen molar-refractivity contribution in [2.45, 2.75) is 56.2 Å². The molecule has 4 atom stereocenters. The molecule has 3 heteroatoms. The van der Waals surface area contributed by atoms with E-state index in [4.69, 9.17) is 0 Å². The summed E-state index contributed by atoms with van der Waals surface area (Å²) >= 11 is 1.93. The van der Waals surface area contributed by atoms with Crippen molar-refractivity contribution in [3.63, 3.8) is 0 Å². The van der Waals surface area contributed by atoms with Gasteiger partial charge in [0.1, 0.15) is 0 Å². The van der Waals surface area contributed by atoms with Gasteiger partial charge in [-0.1, -0.05) is 12.8 Å². The first-order valence-electron chi connectivity index (χ1n) is 7.11. The molecule has 3 fully saturated rings. The average molecular weight is 253 g/mol. The van der Waals surface area contributed by atoms with E-state index in [9.17, 15) is 4.79 Å². The monoisotopic (exact) mass is 253 g/mol. The molecule has 1 amide bonds. The molecule has 3 saturated carbocycles. The predicted molar refractivity (Wildman–Crippen MR) is 72.0 cm³/mol. The second-order valence-corrected chi connectivity index (χ2v) is 7.17. The van der Waals surface area contributed by atoms with E-state index in [-0.39, 0.29) is 0 Å². The number of carbonyl (C=O) groups excluding carboxylic acids is 1. The Balaban J connectivity index is 1.52. The third-order valence-corrected chi connectivity index (χ3v) is 6.12. The van der Waals surface area contributed by atoms with Gasteiger partial charge in [-0.3, -0.25) is 4.79 Å². The summed E-state index contributed by atoms with van der Waals surface area (Å²) in [6.07, 6.45) is 11.0. The van der Waals surface area contributed by atoms with Gasteiger partial charge < -0.3 is 5.32 Å². The van der Waals surface area contributed by atoms with Crippen LogP contribution in [0.15, 0.2) is 0 Å². The Hall–Kier alpha value is -0.180. The maximum Gasteiger partial charge on any atom is 0.223 e. The number of rotatable bonds is 3. The van der Waals surface area contributed by atoms with Gasteiger partial charge >= 0.3 is 0 Å². The van der Waals surface area contributed by atoms with Crippen molar-refractivity contribution in [2.24, 2.45) is 17.8 Å². The molecule has 0 heterocycles. The SMILES string of the molecule is CSC1CCCCC1NC(=O)C1CC2CC2C1. The van der Waals surface area contributed by atoms with Crippen LogP contribution in [0.25, 0.3) is 0 Å². The van der Waals surface area contributed by atoms with Gasteiger partial charge in [0.15, 0.2) is 0 Å². The Labute approximate surface area is 108 Å². The maximum atomic E-state index is 12.2. The van der Waals surface area contributed by atoms with Gasteiger partial charge in [-0.05, 0) is 50.2 Å². The third kappa shape index (κ3) is 2.49. The molecular formula is C14H23NOS. The molecule has 0 aromatic heterocycles. The molecule has 17 heavy (non-hydrogen) atoms. The van der Waals surface area contributed by atoms with E-state index < -0.39 is 0 Å². The van der Waals surface area contributed by atoms with Gasteiger partial charge in [0, 0.05) is 17.2 Å². The molecule has 2 nitrogen and oxygen atoms in total. The van der Waals surface area contributed by atoms with Crippen molar-refractivity contribution in [1.29, 1.82) is 0 Å². The van der Waals surface area contributed by atoms with E-state index in [1.54, 1.807) is 0 Å². The Morgan fingerprint density at radius 3 is 2.53 bits per heavy atom. The standard InChI is InChI=1S/C14H23NOS/c1-17-13-5-3-2-4-12(13)15-14(16)11-7-9-6-10(9)8-11/h9-13H,2-8H2,1H3,(H,15,16). The van der Waals surface area contributed by atoms with Crippen LogP contribution in [0.4, 0.5) is 0 Å². The summed E-state index contributed by atoms with van der Waals surface area (Å²) in [6, 6.07) is 0.447. The lowest BCUT2D eigenvalue weighted by atomic mass is 9.93. The van der Waals surface area contributed by atoms with Crippen LogP contribution in [0.1, 0.15) is 44.9 Å². The minimum Gasteiger partial charge on any atom is -0.352 e. The first kappa shape index (κ1) is 11.9. The zero-order chi connectivity index (χ0) is 11.8. The Morgan fingerprint density at radius 2 is 1.82 bits per heavy atom. The number of fused-ring (bicyclic) bond motifs is 1. The number of amides is 1. The lowest BCUT2D eigenvalue weighted by Gasteiger charge is -2.31. The van der Waals surface area contributed by atoms with Crippen LogP contribution in [0.3, 0.4) is 0 Å². The van der Waals surface area contributed by atoms with Gasteiger partial charge in [0.25, 0.3) is 0 Å². The van der Waals surface area contributed by atoms with Crippen LogP contribution in [0, 0.1) is 17.8 Å². The normalized spacial score (nSPS) is 44.2. The van der Waals surface area contributed by atoms with E-state index in [1.165, 1.54) is 44.9 Å². The summed E-state index contributed by atoms with van der Waals surface area (Å²) in [6.45, 7) is 0. The van der Waals surface area contributed by atoms with Crippen LogP contribution in [-0.4, -0.2) is 23.5 Å². The number of hydrogen-bond acceptors (Lipinski definition) is 2. The minimum absolute atomic E-state index is 0.350. The zero-order valence-corrected chi connectivity index (χ0v) is 11.5. The fourth-order valence-corrected chi connectivity index (χ4v) is 4.71. The first-order valence-corrected chi connectivity index (χ1v) is 8.40. The molecule has 3 rings (SSSR count). The second kappa shape index (κ2) is 4.83. The fourth-order valence-electron chi connectivity index (χ4n) is 3.77. The molecule has 1 N–H and O–H groups in total. The molecule has 0 aromatic carbocycles. The van der Waals surface area contributed by atoms with Crippen molar-refractivity contribution >= 4 is 17.7 Å². The topological polar surface area (TPSA) is 29.1 Å². The van der Waals surface area contributed by atoms with E-state index in [1.807, 2.05) is 11.8 Å². The fraction of sp³-hybridized carbons (Fsp3) is 0.929. The molecule has 0 aliphatic heterocycles. The molecule has 0 radical (unpaired) electrons. The molecule has 4 unspecified atom stereocenters. The molecule has 0 saturated heterocycles. The summed E-state index contributed by atoms with van der Waals surface area (Å²) in [5.41, 5.74) is 0. The van der Waals surface area contributed by atoms with Crippen LogP contribution in [-0.2, 0) is 4.79 Å².